The number of methoxy groups -OCH3 is 1. The minimum absolute atomic E-state index is 0.192. The molecule has 0 spiro atoms. The van der Waals surface area contributed by atoms with Crippen LogP contribution in [0.25, 0.3) is 0 Å². The average Bonchev–Trinajstić information content (AvgIpc) is 2.82. The molecule has 2 N–H and O–H groups in total. The van der Waals surface area contributed by atoms with E-state index in [9.17, 15) is 4.79 Å². The van der Waals surface area contributed by atoms with Gasteiger partial charge in [0.1, 0.15) is 5.75 Å². The second-order valence-electron chi connectivity index (χ2n) is 10.3. The molecule has 0 aromatic heterocycles. The van der Waals surface area contributed by atoms with Gasteiger partial charge in [-0.15, -0.1) is 0 Å². The number of nitrogens with two attached hydrogens (primary N) is 1. The number of ether oxygens (including phenoxy) is 3. The molecule has 5 heteroatoms. The summed E-state index contributed by atoms with van der Waals surface area (Å²) in [6.07, 6.45) is 7.96. The van der Waals surface area contributed by atoms with Crippen LogP contribution in [0.2, 0.25) is 0 Å². The third-order valence-corrected chi connectivity index (χ3v) is 7.84. The smallest absolute Gasteiger partial charge is 0.248 e. The highest BCUT2D eigenvalue weighted by atomic mass is 16.7. The number of amides is 1. The summed E-state index contributed by atoms with van der Waals surface area (Å²) in [5.41, 5.74) is 9.16. The van der Waals surface area contributed by atoms with Crippen molar-refractivity contribution in [2.45, 2.75) is 43.9 Å². The van der Waals surface area contributed by atoms with Crippen LogP contribution in [-0.4, -0.2) is 33.0 Å². The molecule has 0 saturated heterocycles. The van der Waals surface area contributed by atoms with Crippen molar-refractivity contribution in [2.75, 3.05) is 27.1 Å². The number of benzene rings is 2. The molecule has 0 atom stereocenters. The monoisotopic (exact) mass is 459 g/mol. The fraction of sp³-hybridized carbons (Fsp3) is 0.483. The number of rotatable bonds is 8. The Morgan fingerprint density at radius 2 is 1.56 bits per heavy atom. The van der Waals surface area contributed by atoms with Crippen LogP contribution >= 0.6 is 0 Å². The highest BCUT2D eigenvalue weighted by Gasteiger charge is 2.52. The van der Waals surface area contributed by atoms with Gasteiger partial charge in [0.25, 0.3) is 0 Å². The predicted octanol–water partition coefficient (Wildman–Crippen LogP) is 4.65. The predicted molar refractivity (Wildman–Crippen MR) is 131 cm³/mol. The normalized spacial score (nSPS) is 26.7. The van der Waals surface area contributed by atoms with Crippen LogP contribution in [0.4, 0.5) is 0 Å². The van der Waals surface area contributed by atoms with Crippen LogP contribution in [-0.2, 0) is 14.9 Å². The van der Waals surface area contributed by atoms with E-state index < -0.39 is 5.91 Å². The van der Waals surface area contributed by atoms with E-state index in [2.05, 4.69) is 24.0 Å². The topological polar surface area (TPSA) is 70.8 Å². The molecule has 4 aliphatic rings. The summed E-state index contributed by atoms with van der Waals surface area (Å²) in [7, 11) is 1.67. The maximum Gasteiger partial charge on any atom is 0.248 e. The first-order chi connectivity index (χ1) is 16.5. The molecule has 6 rings (SSSR count). The first-order valence-electron chi connectivity index (χ1n) is 12.3. The lowest BCUT2D eigenvalue weighted by molar-refractivity contribution is -0.0189. The fourth-order valence-electron chi connectivity index (χ4n) is 6.76. The van der Waals surface area contributed by atoms with Crippen molar-refractivity contribution in [3.8, 4) is 17.6 Å². The Kier molecular flexibility index (Phi) is 6.63. The van der Waals surface area contributed by atoms with Gasteiger partial charge in [-0.3, -0.25) is 4.79 Å². The lowest BCUT2D eigenvalue weighted by atomic mass is 9.48. The van der Waals surface area contributed by atoms with Gasteiger partial charge in [0.2, 0.25) is 5.91 Å². The molecular formula is C29H33NO4. The molecule has 4 bridgehead atoms. The van der Waals surface area contributed by atoms with Crippen molar-refractivity contribution in [1.29, 1.82) is 0 Å². The summed E-state index contributed by atoms with van der Waals surface area (Å²) in [6, 6.07) is 13.4. The second-order valence-corrected chi connectivity index (χ2v) is 10.3. The third kappa shape index (κ3) is 4.85. The van der Waals surface area contributed by atoms with E-state index in [0.29, 0.717) is 18.8 Å². The summed E-state index contributed by atoms with van der Waals surface area (Å²) in [5.74, 6) is 9.58. The van der Waals surface area contributed by atoms with Crippen LogP contribution in [0, 0.1) is 29.6 Å². The molecule has 4 aliphatic carbocycles. The number of carbonyl (C=O) groups is 1. The Labute approximate surface area is 202 Å². The molecule has 5 nitrogen and oxygen atoms in total. The summed E-state index contributed by atoms with van der Waals surface area (Å²) in [6.45, 7) is 1.29. The van der Waals surface area contributed by atoms with Crippen LogP contribution < -0.4 is 10.5 Å². The lowest BCUT2D eigenvalue weighted by Crippen LogP contribution is -2.48. The van der Waals surface area contributed by atoms with Gasteiger partial charge in [0, 0.05) is 29.4 Å². The van der Waals surface area contributed by atoms with E-state index in [0.717, 1.165) is 34.6 Å². The zero-order chi connectivity index (χ0) is 23.5. The van der Waals surface area contributed by atoms with E-state index in [4.69, 9.17) is 19.9 Å². The Bertz CT molecular complexity index is 1060. The summed E-state index contributed by atoms with van der Waals surface area (Å²) < 4.78 is 16.8. The third-order valence-electron chi connectivity index (χ3n) is 7.84. The quantitative estimate of drug-likeness (QED) is 0.354. The number of primary amides is 1. The Morgan fingerprint density at radius 3 is 2.18 bits per heavy atom. The Morgan fingerprint density at radius 1 is 0.941 bits per heavy atom. The SMILES string of the molecule is COCCOCOc1ccc(C#Cc2ccc(C(N)=O)cc2)cc1C12CC3CC(CC(C3)C1)C2. The van der Waals surface area contributed by atoms with Crippen molar-refractivity contribution in [3.05, 3.63) is 64.7 Å². The molecule has 0 aliphatic heterocycles. The Balaban J connectivity index is 1.42. The van der Waals surface area contributed by atoms with Crippen LogP contribution in [0.1, 0.15) is 65.6 Å². The highest BCUT2D eigenvalue weighted by molar-refractivity contribution is 5.92. The molecule has 2 aromatic rings. The summed E-state index contributed by atoms with van der Waals surface area (Å²) >= 11 is 0. The number of hydrogen-bond acceptors (Lipinski definition) is 4. The van der Waals surface area contributed by atoms with E-state index in [1.807, 2.05) is 18.2 Å². The van der Waals surface area contributed by atoms with Crippen molar-refractivity contribution < 1.29 is 19.0 Å². The Hall–Kier alpha value is -2.81. The van der Waals surface area contributed by atoms with Crippen molar-refractivity contribution in [2.24, 2.45) is 23.5 Å². The maximum atomic E-state index is 11.3. The molecular weight excluding hydrogens is 426 g/mol. The molecule has 1 amide bonds. The minimum Gasteiger partial charge on any atom is -0.467 e. The number of carbonyl (C=O) groups excluding carboxylic acids is 1. The van der Waals surface area contributed by atoms with E-state index in [1.54, 1.807) is 19.2 Å². The largest absolute Gasteiger partial charge is 0.467 e. The standard InChI is InChI=1S/C29H33NO4/c1-32-10-11-33-19-34-27-9-6-21(3-2-20-4-7-25(8-5-20)28(30)31)15-26(27)29-16-22-12-23(17-29)14-24(13-22)18-29/h4-9,15,22-24H,10-14,16-19H2,1H3,(H2,30,31). The van der Waals surface area contributed by atoms with Crippen molar-refractivity contribution >= 4 is 5.91 Å². The molecule has 178 valence electrons. The van der Waals surface area contributed by atoms with Gasteiger partial charge < -0.3 is 19.9 Å². The maximum absolute atomic E-state index is 11.3. The molecule has 4 saturated carbocycles. The summed E-state index contributed by atoms with van der Waals surface area (Å²) in [4.78, 5) is 11.3. The molecule has 0 radical (unpaired) electrons. The van der Waals surface area contributed by atoms with Gasteiger partial charge in [-0.05, 0) is 104 Å². The zero-order valence-electron chi connectivity index (χ0n) is 19.8. The molecule has 4 fully saturated rings. The lowest BCUT2D eigenvalue weighted by Gasteiger charge is -2.57. The van der Waals surface area contributed by atoms with Gasteiger partial charge in [-0.25, -0.2) is 0 Å². The van der Waals surface area contributed by atoms with Crippen molar-refractivity contribution in [3.63, 3.8) is 0 Å². The first-order valence-corrected chi connectivity index (χ1v) is 12.3. The number of hydrogen-bond donors (Lipinski definition) is 1. The first kappa shape index (κ1) is 23.0. The van der Waals surface area contributed by atoms with Gasteiger partial charge in [0.05, 0.1) is 13.2 Å². The van der Waals surface area contributed by atoms with Gasteiger partial charge >= 0.3 is 0 Å². The molecule has 0 heterocycles. The van der Waals surface area contributed by atoms with Gasteiger partial charge in [-0.2, -0.15) is 0 Å². The van der Waals surface area contributed by atoms with E-state index in [1.165, 1.54) is 44.1 Å². The highest BCUT2D eigenvalue weighted by Crippen LogP contribution is 2.61. The van der Waals surface area contributed by atoms with E-state index in [-0.39, 0.29) is 12.2 Å². The molecule has 2 aromatic carbocycles. The molecule has 34 heavy (non-hydrogen) atoms. The van der Waals surface area contributed by atoms with Gasteiger partial charge in [-0.1, -0.05) is 11.8 Å². The average molecular weight is 460 g/mol. The van der Waals surface area contributed by atoms with Crippen molar-refractivity contribution in [1.82, 2.24) is 0 Å². The van der Waals surface area contributed by atoms with Gasteiger partial charge in [0.15, 0.2) is 6.79 Å². The molecule has 0 unspecified atom stereocenters. The zero-order valence-corrected chi connectivity index (χ0v) is 19.8. The minimum atomic E-state index is -0.429. The van der Waals surface area contributed by atoms with E-state index >= 15 is 0 Å². The van der Waals surface area contributed by atoms with Crippen LogP contribution in [0.15, 0.2) is 42.5 Å². The summed E-state index contributed by atoms with van der Waals surface area (Å²) in [5, 5.41) is 0. The van der Waals surface area contributed by atoms with Crippen LogP contribution in [0.3, 0.4) is 0 Å². The second kappa shape index (κ2) is 9.82. The fourth-order valence-corrected chi connectivity index (χ4v) is 6.76. The van der Waals surface area contributed by atoms with Crippen LogP contribution in [0.5, 0.6) is 5.75 Å².